The zero-order chi connectivity index (χ0) is 32.0. The number of hydrogen-bond donors (Lipinski definition) is 1. The first-order valence-corrected chi connectivity index (χ1v) is 15.1. The molecule has 0 radical (unpaired) electrons. The number of benzene rings is 2. The minimum atomic E-state index is -1.35. The number of nitrogens with zero attached hydrogens (tertiary/aromatic N) is 3. The van der Waals surface area contributed by atoms with Gasteiger partial charge in [0, 0.05) is 48.9 Å². The Morgan fingerprint density at radius 3 is 2.47 bits per heavy atom. The third-order valence-corrected chi connectivity index (χ3v) is 8.90. The highest BCUT2D eigenvalue weighted by molar-refractivity contribution is 5.85. The Balaban J connectivity index is 1.30. The van der Waals surface area contributed by atoms with Crippen LogP contribution in [0.1, 0.15) is 55.0 Å². The Morgan fingerprint density at radius 1 is 1.09 bits per heavy atom. The third-order valence-electron chi connectivity index (χ3n) is 8.90. The fourth-order valence-electron chi connectivity index (χ4n) is 6.36. The van der Waals surface area contributed by atoms with E-state index in [0.29, 0.717) is 86.5 Å². The number of methoxy groups -OCH3 is 1. The summed E-state index contributed by atoms with van der Waals surface area (Å²) >= 11 is 0. The van der Waals surface area contributed by atoms with E-state index in [1.165, 1.54) is 0 Å². The van der Waals surface area contributed by atoms with Crippen LogP contribution in [0.5, 0.6) is 5.75 Å². The second kappa shape index (κ2) is 14.6. The van der Waals surface area contributed by atoms with Crippen molar-refractivity contribution in [1.29, 1.82) is 0 Å². The Bertz CT molecular complexity index is 1550. The zero-order valence-electron chi connectivity index (χ0n) is 25.3. The van der Waals surface area contributed by atoms with Gasteiger partial charge in [0.25, 0.3) is 0 Å². The van der Waals surface area contributed by atoms with Crippen LogP contribution in [0.15, 0.2) is 36.5 Å². The predicted molar refractivity (Wildman–Crippen MR) is 161 cm³/mol. The highest BCUT2D eigenvalue weighted by Crippen LogP contribution is 2.43. The van der Waals surface area contributed by atoms with Crippen molar-refractivity contribution in [2.45, 2.75) is 44.8 Å². The number of carbonyl (C=O) groups is 1. The molecule has 11 heteroatoms. The molecule has 7 nitrogen and oxygen atoms in total. The second-order valence-electron chi connectivity index (χ2n) is 11.9. The fraction of sp³-hybridized carbons (Fsp3) is 0.471. The molecule has 1 N–H and O–H groups in total. The highest BCUT2D eigenvalue weighted by Gasteiger charge is 2.37. The number of hydrogen-bond acceptors (Lipinski definition) is 6. The van der Waals surface area contributed by atoms with E-state index in [1.54, 1.807) is 19.4 Å². The molecule has 3 heterocycles. The van der Waals surface area contributed by atoms with Gasteiger partial charge >= 0.3 is 5.97 Å². The normalized spacial score (nSPS) is 17.9. The molecule has 0 saturated carbocycles. The van der Waals surface area contributed by atoms with Crippen molar-refractivity contribution in [2.75, 3.05) is 53.0 Å². The van der Waals surface area contributed by atoms with Gasteiger partial charge in [0.05, 0.1) is 44.4 Å². The van der Waals surface area contributed by atoms with E-state index in [1.807, 2.05) is 17.0 Å². The number of fused-ring (bicyclic) bond motifs is 1. The number of carboxylic acids is 1. The molecule has 0 aliphatic carbocycles. The van der Waals surface area contributed by atoms with Crippen molar-refractivity contribution in [1.82, 2.24) is 14.8 Å². The van der Waals surface area contributed by atoms with Crippen molar-refractivity contribution in [3.63, 3.8) is 0 Å². The average molecular weight is 628 g/mol. The number of alkyl halides is 1. The molecule has 3 aromatic rings. The molecule has 1 atom stereocenters. The van der Waals surface area contributed by atoms with Crippen LogP contribution < -0.4 is 4.74 Å². The van der Waals surface area contributed by atoms with E-state index in [-0.39, 0.29) is 19.4 Å². The van der Waals surface area contributed by atoms with Gasteiger partial charge < -0.3 is 14.6 Å². The third kappa shape index (κ3) is 8.12. The van der Waals surface area contributed by atoms with E-state index in [9.17, 15) is 23.1 Å². The van der Waals surface area contributed by atoms with Gasteiger partial charge in [-0.3, -0.25) is 19.6 Å². The van der Waals surface area contributed by atoms with Gasteiger partial charge in [0.2, 0.25) is 0 Å². The molecule has 2 aliphatic rings. The van der Waals surface area contributed by atoms with Gasteiger partial charge in [-0.1, -0.05) is 11.8 Å². The van der Waals surface area contributed by atoms with Gasteiger partial charge in [-0.2, -0.15) is 0 Å². The summed E-state index contributed by atoms with van der Waals surface area (Å²) in [5, 5.41) is 10.5. The topological polar surface area (TPSA) is 75.1 Å². The van der Waals surface area contributed by atoms with Crippen molar-refractivity contribution in [3.05, 3.63) is 70.7 Å². The minimum Gasteiger partial charge on any atom is -0.497 e. The maximum atomic E-state index is 16.5. The SMILES string of the molecule is COc1ccc2ncc(CN3CCOCC3)c([C@H](F)CCC3(CC(=O)O)CCN(CC#Cc4c(F)cc(F)cc4F)CC3)c2c1. The number of aliphatic carboxylic acids is 1. The molecule has 5 rings (SSSR count). The van der Waals surface area contributed by atoms with Crippen molar-refractivity contribution in [2.24, 2.45) is 5.41 Å². The number of aromatic nitrogens is 1. The molecule has 0 unspecified atom stereocenters. The molecule has 1 aromatic heterocycles. The lowest BCUT2D eigenvalue weighted by molar-refractivity contribution is -0.141. The summed E-state index contributed by atoms with van der Waals surface area (Å²) in [6, 6.07) is 6.59. The zero-order valence-corrected chi connectivity index (χ0v) is 25.3. The van der Waals surface area contributed by atoms with Crippen LogP contribution in [0.25, 0.3) is 10.9 Å². The molecule has 0 spiro atoms. The second-order valence-corrected chi connectivity index (χ2v) is 11.9. The number of morpholine rings is 1. The van der Waals surface area contributed by atoms with Crippen LogP contribution in [0.3, 0.4) is 0 Å². The number of carboxylic acid groups (broad SMARTS) is 1. The summed E-state index contributed by atoms with van der Waals surface area (Å²) in [7, 11) is 1.56. The van der Waals surface area contributed by atoms with Crippen LogP contribution in [0.4, 0.5) is 17.6 Å². The lowest BCUT2D eigenvalue weighted by Crippen LogP contribution is -2.41. The Kier molecular flexibility index (Phi) is 10.6. The first kappa shape index (κ1) is 32.7. The van der Waals surface area contributed by atoms with E-state index in [0.717, 1.165) is 18.7 Å². The molecule has 2 saturated heterocycles. The van der Waals surface area contributed by atoms with Crippen LogP contribution >= 0.6 is 0 Å². The summed E-state index contributed by atoms with van der Waals surface area (Å²) in [4.78, 5) is 20.7. The Hall–Kier alpha value is -3.72. The molecular formula is C34H37F4N3O4. The van der Waals surface area contributed by atoms with Gasteiger partial charge in [-0.25, -0.2) is 17.6 Å². The van der Waals surface area contributed by atoms with Crippen molar-refractivity contribution < 1.29 is 36.9 Å². The summed E-state index contributed by atoms with van der Waals surface area (Å²) < 4.78 is 68.5. The van der Waals surface area contributed by atoms with E-state index < -0.39 is 40.6 Å². The Labute approximate surface area is 260 Å². The smallest absolute Gasteiger partial charge is 0.303 e. The maximum absolute atomic E-state index is 16.5. The number of rotatable bonds is 10. The summed E-state index contributed by atoms with van der Waals surface area (Å²) in [5.74, 6) is 1.72. The van der Waals surface area contributed by atoms with Gasteiger partial charge in [0.1, 0.15) is 29.4 Å². The number of pyridine rings is 1. The molecule has 2 fully saturated rings. The summed E-state index contributed by atoms with van der Waals surface area (Å²) in [6.45, 7) is 4.46. The van der Waals surface area contributed by atoms with Crippen LogP contribution in [-0.2, 0) is 16.1 Å². The average Bonchev–Trinajstić information content (AvgIpc) is 3.02. The van der Waals surface area contributed by atoms with Crippen molar-refractivity contribution in [3.8, 4) is 17.6 Å². The molecule has 0 bridgehead atoms. The molecule has 0 amide bonds. The maximum Gasteiger partial charge on any atom is 0.303 e. The minimum absolute atomic E-state index is 0.0865. The molecule has 45 heavy (non-hydrogen) atoms. The lowest BCUT2D eigenvalue weighted by Gasteiger charge is -2.41. The molecular weight excluding hydrogens is 590 g/mol. The van der Waals surface area contributed by atoms with Gasteiger partial charge in [0.15, 0.2) is 0 Å². The largest absolute Gasteiger partial charge is 0.497 e. The van der Waals surface area contributed by atoms with E-state index >= 15 is 4.39 Å². The molecule has 2 aromatic carbocycles. The van der Waals surface area contributed by atoms with E-state index in [2.05, 4.69) is 21.7 Å². The standard InChI is InChI=1S/C34H37F4N3O4/c1-44-25-4-5-31-27(19-25)33(23(21-39-31)22-41-13-15-45-16-14-41)28(36)6-7-34(20-32(42)43)8-11-40(12-9-34)10-2-3-26-29(37)17-24(35)18-30(26)38/h4-5,17-19,21,28H,6-16,20,22H2,1H3,(H,42,43)/t28-/m1/s1. The molecule has 2 aliphatic heterocycles. The van der Waals surface area contributed by atoms with Crippen molar-refractivity contribution >= 4 is 16.9 Å². The quantitative estimate of drug-likeness (QED) is 0.222. The van der Waals surface area contributed by atoms with Crippen LogP contribution in [0, 0.1) is 34.7 Å². The highest BCUT2D eigenvalue weighted by atomic mass is 19.1. The Morgan fingerprint density at radius 2 is 1.80 bits per heavy atom. The van der Waals surface area contributed by atoms with Gasteiger partial charge in [-0.15, -0.1) is 0 Å². The lowest BCUT2D eigenvalue weighted by atomic mass is 9.71. The number of halogens is 4. The number of ether oxygens (including phenoxy) is 2. The van der Waals surface area contributed by atoms with E-state index in [4.69, 9.17) is 9.47 Å². The first-order chi connectivity index (χ1) is 21.7. The fourth-order valence-corrected chi connectivity index (χ4v) is 6.36. The van der Waals surface area contributed by atoms with Crippen LogP contribution in [0.2, 0.25) is 0 Å². The number of piperidine rings is 1. The monoisotopic (exact) mass is 627 g/mol. The first-order valence-electron chi connectivity index (χ1n) is 15.1. The van der Waals surface area contributed by atoms with Crippen LogP contribution in [-0.4, -0.2) is 78.9 Å². The summed E-state index contributed by atoms with van der Waals surface area (Å²) in [5.41, 5.74) is 0.912. The molecule has 240 valence electrons. The number of likely N-dealkylation sites (tertiary alicyclic amines) is 1. The van der Waals surface area contributed by atoms with Gasteiger partial charge in [-0.05, 0) is 68.0 Å². The predicted octanol–water partition coefficient (Wildman–Crippen LogP) is 5.89. The summed E-state index contributed by atoms with van der Waals surface area (Å²) in [6.07, 6.45) is 1.84.